The van der Waals surface area contributed by atoms with Gasteiger partial charge in [0.25, 0.3) is 0 Å². The maximum atomic E-state index is 13.3. The third kappa shape index (κ3) is 5.78. The van der Waals surface area contributed by atoms with Crippen LogP contribution in [0.4, 0.5) is 18.9 Å². The molecule has 0 unspecified atom stereocenters. The van der Waals surface area contributed by atoms with Gasteiger partial charge in [-0.05, 0) is 81.1 Å². The Hall–Kier alpha value is -3.95. The minimum atomic E-state index is -4.48. The summed E-state index contributed by atoms with van der Waals surface area (Å²) in [7, 11) is 0. The number of hydrogen-bond acceptors (Lipinski definition) is 4. The molecule has 10 heteroatoms. The number of benzene rings is 3. The maximum Gasteiger partial charge on any atom is 0.416 e. The number of thiazole rings is 1. The van der Waals surface area contributed by atoms with E-state index in [0.717, 1.165) is 45.8 Å². The van der Waals surface area contributed by atoms with Crippen molar-refractivity contribution in [2.75, 3.05) is 0 Å². The molecule has 5 rings (SSSR count). The molecule has 0 aliphatic carbocycles. The van der Waals surface area contributed by atoms with E-state index in [1.54, 1.807) is 17.8 Å². The molecule has 0 atom stereocenters. The third-order valence-corrected chi connectivity index (χ3v) is 8.08. The highest BCUT2D eigenvalue weighted by Gasteiger charge is 2.31. The van der Waals surface area contributed by atoms with E-state index in [9.17, 15) is 13.2 Å². The fraction of sp³-hybridized carbons (Fsp3) is 0.194. The molecular weight excluding hydrogens is 567 g/mol. The van der Waals surface area contributed by atoms with E-state index in [1.165, 1.54) is 33.7 Å². The van der Waals surface area contributed by atoms with Crippen LogP contribution in [-0.2, 0) is 6.18 Å². The average Bonchev–Trinajstić information content (AvgIpc) is 3.45. The number of para-hydroxylation sites is 1. The van der Waals surface area contributed by atoms with Gasteiger partial charge >= 0.3 is 6.18 Å². The van der Waals surface area contributed by atoms with Crippen LogP contribution in [0.15, 0.2) is 76.1 Å². The van der Waals surface area contributed by atoms with E-state index in [4.69, 9.17) is 21.7 Å². The zero-order valence-electron chi connectivity index (χ0n) is 23.1. The molecule has 5 aromatic rings. The van der Waals surface area contributed by atoms with Crippen molar-refractivity contribution in [2.24, 2.45) is 10.1 Å². The Morgan fingerprint density at radius 2 is 1.59 bits per heavy atom. The van der Waals surface area contributed by atoms with Crippen LogP contribution in [0, 0.1) is 34.6 Å². The molecule has 0 radical (unpaired) electrons. The molecule has 0 spiro atoms. The number of rotatable bonds is 5. The van der Waals surface area contributed by atoms with Crippen molar-refractivity contribution in [1.82, 2.24) is 14.5 Å². The van der Waals surface area contributed by atoms with Gasteiger partial charge < -0.3 is 0 Å². The molecule has 0 fully saturated rings. The second-order valence-electron chi connectivity index (χ2n) is 9.86. The molecule has 0 amide bonds. The Labute approximate surface area is 244 Å². The summed E-state index contributed by atoms with van der Waals surface area (Å²) in [6.45, 7) is 9.90. The molecule has 0 aliphatic heterocycles. The summed E-state index contributed by atoms with van der Waals surface area (Å²) in [6.07, 6.45) is -2.90. The first kappa shape index (κ1) is 28.6. The molecule has 2 heterocycles. The lowest BCUT2D eigenvalue weighted by Crippen LogP contribution is -2.12. The summed E-state index contributed by atoms with van der Waals surface area (Å²) in [5.41, 5.74) is 7.56. The van der Waals surface area contributed by atoms with Gasteiger partial charge in [-0.3, -0.25) is 0 Å². The monoisotopic (exact) mass is 593 g/mol. The van der Waals surface area contributed by atoms with E-state index in [0.29, 0.717) is 16.1 Å². The van der Waals surface area contributed by atoms with Gasteiger partial charge in [-0.2, -0.15) is 23.4 Å². The van der Waals surface area contributed by atoms with E-state index in [2.05, 4.69) is 31.1 Å². The molecule has 2 aromatic heterocycles. The molecule has 210 valence electrons. The first-order valence-electron chi connectivity index (χ1n) is 12.8. The van der Waals surface area contributed by atoms with Gasteiger partial charge in [0.1, 0.15) is 5.15 Å². The number of hydrogen-bond donors (Lipinski definition) is 0. The van der Waals surface area contributed by atoms with Crippen molar-refractivity contribution >= 4 is 34.8 Å². The molecular formula is C31H27ClF3N5S. The molecule has 0 bridgehead atoms. The second kappa shape index (κ2) is 11.1. The first-order valence-corrected chi connectivity index (χ1v) is 14.1. The molecule has 0 saturated carbocycles. The van der Waals surface area contributed by atoms with Crippen LogP contribution in [0.5, 0.6) is 0 Å². The van der Waals surface area contributed by atoms with Crippen molar-refractivity contribution in [3.8, 4) is 16.9 Å². The lowest BCUT2D eigenvalue weighted by Gasteiger charge is -2.09. The number of nitrogens with zero attached hydrogens (tertiary/aromatic N) is 5. The second-order valence-corrected chi connectivity index (χ2v) is 11.1. The normalized spacial score (nSPS) is 12.6. The van der Waals surface area contributed by atoms with Gasteiger partial charge in [0.15, 0.2) is 0 Å². The average molecular weight is 594 g/mol. The first-order chi connectivity index (χ1) is 19.4. The van der Waals surface area contributed by atoms with E-state index < -0.39 is 11.7 Å². The lowest BCUT2D eigenvalue weighted by molar-refractivity contribution is -0.137. The highest BCUT2D eigenvalue weighted by Crippen LogP contribution is 2.32. The lowest BCUT2D eigenvalue weighted by atomic mass is 10.1. The summed E-state index contributed by atoms with van der Waals surface area (Å²) in [6, 6.07) is 17.1. The van der Waals surface area contributed by atoms with E-state index >= 15 is 0 Å². The van der Waals surface area contributed by atoms with Gasteiger partial charge in [0, 0.05) is 10.9 Å². The number of halogens is 4. The predicted octanol–water partition coefficient (Wildman–Crippen LogP) is 8.73. The fourth-order valence-corrected chi connectivity index (χ4v) is 5.59. The Balaban J connectivity index is 1.65. The quantitative estimate of drug-likeness (QED) is 0.188. The molecule has 0 N–H and O–H groups in total. The summed E-state index contributed by atoms with van der Waals surface area (Å²) >= 11 is 8.14. The Morgan fingerprint density at radius 1 is 0.878 bits per heavy atom. The van der Waals surface area contributed by atoms with Crippen molar-refractivity contribution in [1.29, 1.82) is 0 Å². The summed E-state index contributed by atoms with van der Waals surface area (Å²) in [5, 5.41) is 11.4. The minimum absolute atomic E-state index is 0.155. The number of alkyl halides is 3. The van der Waals surface area contributed by atoms with Crippen LogP contribution in [0.25, 0.3) is 16.9 Å². The predicted molar refractivity (Wildman–Crippen MR) is 160 cm³/mol. The standard InChI is InChI=1S/C31H27ClF3N5S/c1-18-12-13-23(14-21(18)4)27-17-41-30(37-28-19(2)8-6-9-20(28)3)40(27)36-16-26-22(5)38-39(29(26)32)25-11-7-10-24(15-25)31(33,34)35/h6-17H,1-5H3/b36-16+,37-30?. The van der Waals surface area contributed by atoms with Crippen molar-refractivity contribution in [3.63, 3.8) is 0 Å². The highest BCUT2D eigenvalue weighted by atomic mass is 35.5. The van der Waals surface area contributed by atoms with Crippen LogP contribution in [0.3, 0.4) is 0 Å². The third-order valence-electron chi connectivity index (χ3n) is 6.90. The Bertz CT molecular complexity index is 1840. The Kier molecular flexibility index (Phi) is 7.76. The molecule has 0 aliphatic rings. The smallest absolute Gasteiger partial charge is 0.221 e. The van der Waals surface area contributed by atoms with Crippen LogP contribution in [-0.4, -0.2) is 20.7 Å². The Morgan fingerprint density at radius 3 is 2.27 bits per heavy atom. The van der Waals surface area contributed by atoms with E-state index in [1.807, 2.05) is 43.5 Å². The molecule has 3 aromatic carbocycles. The summed E-state index contributed by atoms with van der Waals surface area (Å²) in [5.74, 6) is 0. The maximum absolute atomic E-state index is 13.3. The molecule has 0 saturated heterocycles. The number of aromatic nitrogens is 3. The van der Waals surface area contributed by atoms with Crippen molar-refractivity contribution in [2.45, 2.75) is 40.8 Å². The zero-order valence-corrected chi connectivity index (χ0v) is 24.7. The van der Waals surface area contributed by atoms with Crippen molar-refractivity contribution < 1.29 is 13.2 Å². The molecule has 41 heavy (non-hydrogen) atoms. The fourth-order valence-electron chi connectivity index (χ4n) is 4.42. The minimum Gasteiger partial charge on any atom is -0.221 e. The topological polar surface area (TPSA) is 47.5 Å². The van der Waals surface area contributed by atoms with Gasteiger partial charge in [0.2, 0.25) is 4.80 Å². The molecule has 5 nitrogen and oxygen atoms in total. The van der Waals surface area contributed by atoms with Crippen molar-refractivity contribution in [3.05, 3.63) is 115 Å². The van der Waals surface area contributed by atoms with Gasteiger partial charge in [-0.1, -0.05) is 48.0 Å². The number of aryl methyl sites for hydroxylation is 5. The van der Waals surface area contributed by atoms with Crippen LogP contribution in [0.2, 0.25) is 5.15 Å². The van der Waals surface area contributed by atoms with Crippen LogP contribution in [0.1, 0.15) is 39.1 Å². The summed E-state index contributed by atoms with van der Waals surface area (Å²) < 4.78 is 43.0. The highest BCUT2D eigenvalue weighted by molar-refractivity contribution is 7.07. The van der Waals surface area contributed by atoms with Gasteiger partial charge in [-0.15, -0.1) is 11.3 Å². The van der Waals surface area contributed by atoms with Gasteiger partial charge in [-0.25, -0.2) is 14.4 Å². The van der Waals surface area contributed by atoms with Gasteiger partial charge in [0.05, 0.1) is 40.1 Å². The largest absolute Gasteiger partial charge is 0.416 e. The summed E-state index contributed by atoms with van der Waals surface area (Å²) in [4.78, 5) is 5.63. The van der Waals surface area contributed by atoms with Crippen LogP contribution >= 0.6 is 22.9 Å². The zero-order chi connectivity index (χ0) is 29.5. The van der Waals surface area contributed by atoms with E-state index in [-0.39, 0.29) is 10.8 Å². The SMILES string of the molecule is Cc1ccc(-c2csc(=Nc3c(C)cccc3C)n2/N=C/c2c(C)nn(-c3cccc(C(F)(F)F)c3)c2Cl)cc1C. The van der Waals surface area contributed by atoms with Crippen LogP contribution < -0.4 is 4.80 Å².